The van der Waals surface area contributed by atoms with Crippen LogP contribution in [0.3, 0.4) is 0 Å². The molecule has 9 heteroatoms. The zero-order valence-electron chi connectivity index (χ0n) is 20.1. The molecule has 5 rings (SSSR count). The topological polar surface area (TPSA) is 73.2 Å². The van der Waals surface area contributed by atoms with E-state index in [-0.39, 0.29) is 11.5 Å². The number of hydrogen-bond donors (Lipinski definition) is 1. The number of carbonyl (C=O) groups is 1. The summed E-state index contributed by atoms with van der Waals surface area (Å²) in [6.45, 7) is 0. The summed E-state index contributed by atoms with van der Waals surface area (Å²) in [4.78, 5) is 32.2. The van der Waals surface area contributed by atoms with E-state index in [1.807, 2.05) is 36.4 Å². The third kappa shape index (κ3) is 5.41. The molecule has 190 valence electrons. The van der Waals surface area contributed by atoms with Crippen molar-refractivity contribution in [3.63, 3.8) is 0 Å². The first-order chi connectivity index (χ1) is 18.4. The number of benzene rings is 4. The fourth-order valence-corrected chi connectivity index (χ4v) is 5.37. The first-order valence-corrected chi connectivity index (χ1v) is 13.2. The van der Waals surface area contributed by atoms with Crippen molar-refractivity contribution in [3.8, 4) is 11.4 Å². The molecule has 1 heterocycles. The smallest absolute Gasteiger partial charge is 0.266 e. The van der Waals surface area contributed by atoms with Gasteiger partial charge in [-0.15, -0.1) is 0 Å². The Morgan fingerprint density at radius 2 is 1.68 bits per heavy atom. The summed E-state index contributed by atoms with van der Waals surface area (Å²) in [5, 5.41) is 3.69. The summed E-state index contributed by atoms with van der Waals surface area (Å²) in [5.74, 6) is 0.342. The Hall–Kier alpha value is -3.78. The molecule has 1 amide bonds. The lowest BCUT2D eigenvalue weighted by atomic mass is 10.1. The van der Waals surface area contributed by atoms with Crippen LogP contribution in [0, 0.1) is 0 Å². The number of anilines is 1. The molecule has 0 fully saturated rings. The van der Waals surface area contributed by atoms with Crippen molar-refractivity contribution >= 4 is 57.5 Å². The van der Waals surface area contributed by atoms with Gasteiger partial charge in [0.2, 0.25) is 5.91 Å². The fourth-order valence-electron chi connectivity index (χ4n) is 3.96. The van der Waals surface area contributed by atoms with E-state index < -0.39 is 5.25 Å². The Morgan fingerprint density at radius 1 is 0.921 bits per heavy atom. The number of methoxy groups -OCH3 is 1. The van der Waals surface area contributed by atoms with Crippen molar-refractivity contribution in [1.82, 2.24) is 9.55 Å². The Balaban J connectivity index is 1.63. The van der Waals surface area contributed by atoms with Gasteiger partial charge in [-0.3, -0.25) is 14.2 Å². The second kappa shape index (κ2) is 11.3. The number of aromatic nitrogens is 2. The number of carbonyl (C=O) groups excluding carboxylic acids is 1. The Kier molecular flexibility index (Phi) is 7.69. The number of nitrogens with one attached hydrogen (secondary N) is 1. The normalized spacial score (nSPS) is 11.8. The van der Waals surface area contributed by atoms with Crippen molar-refractivity contribution in [2.24, 2.45) is 0 Å². The van der Waals surface area contributed by atoms with Crippen molar-refractivity contribution in [1.29, 1.82) is 0 Å². The quantitative estimate of drug-likeness (QED) is 0.168. The first-order valence-electron chi connectivity index (χ1n) is 11.6. The van der Waals surface area contributed by atoms with Gasteiger partial charge in [0.15, 0.2) is 5.16 Å². The molecule has 38 heavy (non-hydrogen) atoms. The Bertz CT molecular complexity index is 1690. The van der Waals surface area contributed by atoms with E-state index in [9.17, 15) is 9.59 Å². The number of amides is 1. The summed E-state index contributed by atoms with van der Waals surface area (Å²) in [5.41, 5.74) is 2.07. The summed E-state index contributed by atoms with van der Waals surface area (Å²) in [6, 6.07) is 28.5. The van der Waals surface area contributed by atoms with Crippen LogP contribution in [0.2, 0.25) is 10.0 Å². The highest BCUT2D eigenvalue weighted by atomic mass is 35.5. The predicted octanol–water partition coefficient (Wildman–Crippen LogP) is 7.17. The van der Waals surface area contributed by atoms with Gasteiger partial charge in [-0.1, -0.05) is 83.5 Å². The van der Waals surface area contributed by atoms with Crippen molar-refractivity contribution in [2.45, 2.75) is 10.4 Å². The molecule has 0 radical (unpaired) electrons. The molecule has 0 spiro atoms. The van der Waals surface area contributed by atoms with E-state index in [2.05, 4.69) is 5.32 Å². The highest BCUT2D eigenvalue weighted by Crippen LogP contribution is 2.37. The number of halogens is 2. The van der Waals surface area contributed by atoms with E-state index >= 15 is 0 Å². The third-order valence-corrected chi connectivity index (χ3v) is 7.75. The van der Waals surface area contributed by atoms with Crippen LogP contribution in [-0.2, 0) is 4.79 Å². The first kappa shape index (κ1) is 25.9. The molecule has 0 aliphatic heterocycles. The van der Waals surface area contributed by atoms with Crippen LogP contribution in [0.1, 0.15) is 10.8 Å². The van der Waals surface area contributed by atoms with E-state index in [0.717, 1.165) is 5.56 Å². The minimum Gasteiger partial charge on any atom is -0.497 e. The monoisotopic (exact) mass is 561 g/mol. The number of fused-ring (bicyclic) bond motifs is 1. The molecule has 0 bridgehead atoms. The molecule has 0 saturated heterocycles. The highest BCUT2D eigenvalue weighted by molar-refractivity contribution is 8.00. The van der Waals surface area contributed by atoms with Crippen molar-refractivity contribution in [3.05, 3.63) is 123 Å². The standard InChI is InChI=1S/C29H21Cl2N3O3S/c1-37-21-11-7-10-19(16-21)32-27(35)26(18-8-3-2-4-9-18)38-29-33-25-13-6-5-12-22(25)28(36)34(29)20-14-15-23(30)24(31)17-20/h2-17,26H,1H3,(H,32,35)/t26-/m1/s1. The summed E-state index contributed by atoms with van der Waals surface area (Å²) < 4.78 is 6.75. The van der Waals surface area contributed by atoms with Crippen molar-refractivity contribution < 1.29 is 9.53 Å². The predicted molar refractivity (Wildman–Crippen MR) is 154 cm³/mol. The molecule has 0 saturated carbocycles. The van der Waals surface area contributed by atoms with Crippen LogP contribution in [0.5, 0.6) is 5.75 Å². The molecule has 1 N–H and O–H groups in total. The second-order valence-electron chi connectivity index (χ2n) is 8.28. The zero-order chi connectivity index (χ0) is 26.6. The molecular weight excluding hydrogens is 541 g/mol. The average molecular weight is 562 g/mol. The lowest BCUT2D eigenvalue weighted by Gasteiger charge is -2.20. The van der Waals surface area contributed by atoms with Gasteiger partial charge in [-0.2, -0.15) is 0 Å². The van der Waals surface area contributed by atoms with Gasteiger partial charge in [0, 0.05) is 11.8 Å². The highest BCUT2D eigenvalue weighted by Gasteiger charge is 2.26. The van der Waals surface area contributed by atoms with Crippen LogP contribution >= 0.6 is 35.0 Å². The van der Waals surface area contributed by atoms with E-state index in [4.69, 9.17) is 32.9 Å². The van der Waals surface area contributed by atoms with Crippen LogP contribution in [-0.4, -0.2) is 22.6 Å². The van der Waals surface area contributed by atoms with Gasteiger partial charge in [-0.25, -0.2) is 4.98 Å². The number of hydrogen-bond acceptors (Lipinski definition) is 5. The van der Waals surface area contributed by atoms with Crippen LogP contribution < -0.4 is 15.6 Å². The molecule has 1 aromatic heterocycles. The maximum absolute atomic E-state index is 13.7. The van der Waals surface area contributed by atoms with E-state index in [1.54, 1.807) is 67.8 Å². The Labute approximate surface area is 233 Å². The second-order valence-corrected chi connectivity index (χ2v) is 10.2. The minimum absolute atomic E-state index is 0.280. The molecule has 0 unspecified atom stereocenters. The van der Waals surface area contributed by atoms with Gasteiger partial charge in [0.25, 0.3) is 5.56 Å². The average Bonchev–Trinajstić information content (AvgIpc) is 2.94. The summed E-state index contributed by atoms with van der Waals surface area (Å²) >= 11 is 13.6. The number of rotatable bonds is 7. The number of thioether (sulfide) groups is 1. The van der Waals surface area contributed by atoms with Gasteiger partial charge < -0.3 is 10.1 Å². The maximum atomic E-state index is 13.7. The Morgan fingerprint density at radius 3 is 2.45 bits per heavy atom. The minimum atomic E-state index is -0.732. The number of ether oxygens (including phenoxy) is 1. The van der Waals surface area contributed by atoms with E-state index in [1.165, 1.54) is 16.3 Å². The maximum Gasteiger partial charge on any atom is 0.266 e. The molecule has 5 aromatic rings. The summed E-state index contributed by atoms with van der Waals surface area (Å²) in [7, 11) is 1.57. The third-order valence-electron chi connectivity index (χ3n) is 5.81. The molecule has 6 nitrogen and oxygen atoms in total. The van der Waals surface area contributed by atoms with Gasteiger partial charge >= 0.3 is 0 Å². The van der Waals surface area contributed by atoms with Crippen LogP contribution in [0.4, 0.5) is 5.69 Å². The molecule has 1 atom stereocenters. The molecular formula is C29H21Cl2N3O3S. The molecule has 0 aliphatic rings. The van der Waals surface area contributed by atoms with Gasteiger partial charge in [-0.05, 0) is 48.0 Å². The van der Waals surface area contributed by atoms with E-state index in [0.29, 0.717) is 43.2 Å². The molecule has 0 aliphatic carbocycles. The number of nitrogens with zero attached hydrogens (tertiary/aromatic N) is 2. The zero-order valence-corrected chi connectivity index (χ0v) is 22.4. The lowest BCUT2D eigenvalue weighted by molar-refractivity contribution is -0.115. The fraction of sp³-hybridized carbons (Fsp3) is 0.0690. The number of para-hydroxylation sites is 1. The summed E-state index contributed by atoms with van der Waals surface area (Å²) in [6.07, 6.45) is 0. The van der Waals surface area contributed by atoms with Crippen molar-refractivity contribution in [2.75, 3.05) is 12.4 Å². The van der Waals surface area contributed by atoms with Crippen LogP contribution in [0.25, 0.3) is 16.6 Å². The SMILES string of the molecule is COc1cccc(NC(=O)[C@H](Sc2nc3ccccc3c(=O)n2-c2ccc(Cl)c(Cl)c2)c2ccccc2)c1. The molecule has 4 aromatic carbocycles. The van der Waals surface area contributed by atoms with Gasteiger partial charge in [0.05, 0.1) is 33.7 Å². The largest absolute Gasteiger partial charge is 0.497 e. The van der Waals surface area contributed by atoms with Gasteiger partial charge in [0.1, 0.15) is 11.0 Å². The van der Waals surface area contributed by atoms with Crippen LogP contribution in [0.15, 0.2) is 107 Å². The lowest BCUT2D eigenvalue weighted by Crippen LogP contribution is -2.24.